The number of ether oxygens (including phenoxy) is 1. The lowest BCUT2D eigenvalue weighted by molar-refractivity contribution is -0.138. The third-order valence-corrected chi connectivity index (χ3v) is 6.39. The summed E-state index contributed by atoms with van der Waals surface area (Å²) in [4.78, 5) is 14.7. The zero-order valence-corrected chi connectivity index (χ0v) is 21.6. The zero-order valence-electron chi connectivity index (χ0n) is 20.8. The average molecular weight is 478 g/mol. The Morgan fingerprint density at radius 3 is 2.03 bits per heavy atom. The van der Waals surface area contributed by atoms with Crippen LogP contribution in [0, 0.1) is 0 Å². The number of hydrogen-bond acceptors (Lipinski definition) is 5. The highest BCUT2D eigenvalue weighted by molar-refractivity contribution is 7.85. The van der Waals surface area contributed by atoms with E-state index in [0.717, 1.165) is 32.4 Å². The van der Waals surface area contributed by atoms with Gasteiger partial charge in [-0.2, -0.15) is 0 Å². The van der Waals surface area contributed by atoms with Crippen LogP contribution in [0.5, 0.6) is 5.75 Å². The van der Waals surface area contributed by atoms with Gasteiger partial charge in [0.1, 0.15) is 5.75 Å². The zero-order chi connectivity index (χ0) is 24.2. The lowest BCUT2D eigenvalue weighted by Gasteiger charge is -2.14. The summed E-state index contributed by atoms with van der Waals surface area (Å²) in [6, 6.07) is 8.84. The molecule has 0 aliphatic carbocycles. The van der Waals surface area contributed by atoms with Gasteiger partial charge in [0.2, 0.25) is 11.1 Å². The van der Waals surface area contributed by atoms with Gasteiger partial charge in [-0.05, 0) is 50.8 Å². The number of carbonyl (C=O) groups excluding carboxylic acids is 1. The lowest BCUT2D eigenvalue weighted by atomic mass is 10.1. The van der Waals surface area contributed by atoms with Crippen molar-refractivity contribution in [1.29, 1.82) is 0 Å². The third kappa shape index (κ3) is 13.9. The Bertz CT molecular complexity index is 714. The molecule has 0 saturated carbocycles. The van der Waals surface area contributed by atoms with E-state index >= 15 is 0 Å². The number of benzene rings is 1. The highest BCUT2D eigenvalue weighted by Crippen LogP contribution is 2.16. The van der Waals surface area contributed by atoms with Crippen molar-refractivity contribution in [3.8, 4) is 5.75 Å². The number of unbranched alkanes of at least 4 members (excludes halogenated alkanes) is 9. The van der Waals surface area contributed by atoms with Crippen LogP contribution in [0.25, 0.3) is 0 Å². The molecule has 1 unspecified atom stereocenters. The molecular formula is C27H43NO4S. The second-order valence-corrected chi connectivity index (χ2v) is 9.12. The van der Waals surface area contributed by atoms with Crippen LogP contribution < -0.4 is 4.18 Å². The van der Waals surface area contributed by atoms with Crippen LogP contribution in [0.3, 0.4) is 0 Å². The quantitative estimate of drug-likeness (QED) is 0.0935. The molecule has 5 nitrogen and oxygen atoms in total. The van der Waals surface area contributed by atoms with E-state index in [9.17, 15) is 9.00 Å². The van der Waals surface area contributed by atoms with Crippen molar-refractivity contribution < 1.29 is 17.9 Å². The second kappa shape index (κ2) is 19.4. The van der Waals surface area contributed by atoms with Crippen LogP contribution in [-0.4, -0.2) is 34.8 Å². The molecule has 0 fully saturated rings. The van der Waals surface area contributed by atoms with E-state index < -0.39 is 17.0 Å². The fourth-order valence-electron chi connectivity index (χ4n) is 3.31. The lowest BCUT2D eigenvalue weighted by Crippen LogP contribution is -2.17. The highest BCUT2D eigenvalue weighted by atomic mass is 32.2. The topological polar surface area (TPSA) is 55.8 Å². The van der Waals surface area contributed by atoms with Crippen LogP contribution in [0.4, 0.5) is 0 Å². The smallest absolute Gasteiger partial charge is 0.350 e. The van der Waals surface area contributed by atoms with Gasteiger partial charge in [0, 0.05) is 13.1 Å². The number of para-hydroxylation sites is 1. The predicted octanol–water partition coefficient (Wildman–Crippen LogP) is 6.93. The summed E-state index contributed by atoms with van der Waals surface area (Å²) in [5, 5.41) is 0. The highest BCUT2D eigenvalue weighted by Gasteiger charge is 2.20. The van der Waals surface area contributed by atoms with Crippen LogP contribution in [0.2, 0.25) is 0 Å². The molecule has 0 bridgehead atoms. The fourth-order valence-corrected chi connectivity index (χ4v) is 4.07. The van der Waals surface area contributed by atoms with Gasteiger partial charge in [0.05, 0.1) is 6.61 Å². The Labute approximate surface area is 203 Å². The maximum absolute atomic E-state index is 12.7. The third-order valence-electron chi connectivity index (χ3n) is 5.38. The van der Waals surface area contributed by atoms with E-state index in [1.807, 2.05) is 12.3 Å². The van der Waals surface area contributed by atoms with Crippen molar-refractivity contribution in [3.63, 3.8) is 0 Å². The molecule has 0 N–H and O–H groups in total. The van der Waals surface area contributed by atoms with Crippen LogP contribution in [0.1, 0.15) is 85.0 Å². The molecule has 1 aromatic rings. The summed E-state index contributed by atoms with van der Waals surface area (Å²) >= 11 is -1.96. The van der Waals surface area contributed by atoms with Gasteiger partial charge in [0.15, 0.2) is 4.91 Å². The van der Waals surface area contributed by atoms with Crippen molar-refractivity contribution >= 4 is 17.0 Å². The molecule has 0 heterocycles. The molecule has 0 aliphatic rings. The van der Waals surface area contributed by atoms with Gasteiger partial charge in [-0.15, -0.1) is 0 Å². The number of nitrogens with zero attached hydrogens (tertiary/aromatic N) is 1. The van der Waals surface area contributed by atoms with Gasteiger partial charge < -0.3 is 13.8 Å². The van der Waals surface area contributed by atoms with Crippen molar-refractivity contribution in [2.24, 2.45) is 0 Å². The van der Waals surface area contributed by atoms with Crippen molar-refractivity contribution in [1.82, 2.24) is 4.90 Å². The number of allylic oxidation sites excluding steroid dienone is 2. The van der Waals surface area contributed by atoms with Crippen molar-refractivity contribution in [2.45, 2.75) is 85.0 Å². The van der Waals surface area contributed by atoms with Gasteiger partial charge in [-0.3, -0.25) is 0 Å². The average Bonchev–Trinajstić information content (AvgIpc) is 2.83. The van der Waals surface area contributed by atoms with Gasteiger partial charge >= 0.3 is 5.97 Å². The molecule has 0 aromatic heterocycles. The number of hydrogen-bond donors (Lipinski definition) is 0. The van der Waals surface area contributed by atoms with E-state index in [2.05, 4.69) is 25.7 Å². The Morgan fingerprint density at radius 1 is 0.879 bits per heavy atom. The van der Waals surface area contributed by atoms with Crippen molar-refractivity contribution in [2.75, 3.05) is 19.7 Å². The second-order valence-electron chi connectivity index (χ2n) is 8.04. The molecule has 0 radical (unpaired) electrons. The Balaban J connectivity index is 2.49. The van der Waals surface area contributed by atoms with E-state index in [0.29, 0.717) is 12.4 Å². The van der Waals surface area contributed by atoms with Crippen LogP contribution >= 0.6 is 0 Å². The molecule has 1 atom stereocenters. The van der Waals surface area contributed by atoms with Gasteiger partial charge in [0.25, 0.3) is 0 Å². The minimum Gasteiger partial charge on any atom is -0.462 e. The number of rotatable bonds is 19. The molecule has 1 aromatic carbocycles. The summed E-state index contributed by atoms with van der Waals surface area (Å²) in [5.74, 6) is -0.152. The largest absolute Gasteiger partial charge is 0.462 e. The fraction of sp³-hybridized carbons (Fsp3) is 0.593. The van der Waals surface area contributed by atoms with E-state index in [-0.39, 0.29) is 4.91 Å². The minimum atomic E-state index is -1.96. The first-order chi connectivity index (χ1) is 16.1. The summed E-state index contributed by atoms with van der Waals surface area (Å²) in [6.07, 6.45) is 17.3. The summed E-state index contributed by atoms with van der Waals surface area (Å²) in [6.45, 7) is 8.37. The van der Waals surface area contributed by atoms with E-state index in [1.165, 1.54) is 51.0 Å². The van der Waals surface area contributed by atoms with Crippen LogP contribution in [-0.2, 0) is 20.6 Å². The van der Waals surface area contributed by atoms with Gasteiger partial charge in [-0.25, -0.2) is 9.00 Å². The molecule has 6 heteroatoms. The molecule has 0 amide bonds. The Morgan fingerprint density at radius 2 is 1.45 bits per heavy atom. The summed E-state index contributed by atoms with van der Waals surface area (Å²) < 4.78 is 23.6. The predicted molar refractivity (Wildman–Crippen MR) is 138 cm³/mol. The molecular weight excluding hydrogens is 434 g/mol. The first kappa shape index (κ1) is 29.0. The van der Waals surface area contributed by atoms with Gasteiger partial charge in [-0.1, -0.05) is 82.9 Å². The first-order valence-corrected chi connectivity index (χ1v) is 13.6. The summed E-state index contributed by atoms with van der Waals surface area (Å²) in [7, 11) is 0. The normalized spacial score (nSPS) is 12.6. The summed E-state index contributed by atoms with van der Waals surface area (Å²) in [5.41, 5.74) is 0. The van der Waals surface area contributed by atoms with Crippen LogP contribution in [0.15, 0.2) is 53.6 Å². The monoisotopic (exact) mass is 477 g/mol. The molecule has 1 rings (SSSR count). The molecule has 186 valence electrons. The minimum absolute atomic E-state index is 0.00865. The standard InChI is InChI=1S/C27H43NO4S/c1-4-7-8-9-10-11-12-13-14-18-24-31-27(29)26(22-19-23-28(5-2)6-3)33(30)32-25-20-16-15-17-21-25/h15-17,19-23H,4-14,18,24H2,1-3H3/b23-19+,26-22+. The Kier molecular flexibility index (Phi) is 17.0. The number of carbonyl (C=O) groups is 1. The molecule has 0 saturated heterocycles. The number of esters is 1. The van der Waals surface area contributed by atoms with E-state index in [1.54, 1.807) is 30.3 Å². The van der Waals surface area contributed by atoms with Crippen molar-refractivity contribution in [3.05, 3.63) is 53.6 Å². The molecule has 0 aliphatic heterocycles. The maximum Gasteiger partial charge on any atom is 0.350 e. The SMILES string of the molecule is CCCCCCCCCCCCOC(=O)/C(=C\C=C\N(CC)CC)S(=O)Oc1ccccc1. The van der Waals surface area contributed by atoms with E-state index in [4.69, 9.17) is 8.92 Å². The molecule has 0 spiro atoms. The maximum atomic E-state index is 12.7. The Hall–Kier alpha value is -2.08. The molecule has 33 heavy (non-hydrogen) atoms. The first-order valence-electron chi connectivity index (χ1n) is 12.6.